The highest BCUT2D eigenvalue weighted by atomic mass is 32.1. The van der Waals surface area contributed by atoms with Gasteiger partial charge in [-0.15, -0.1) is 11.3 Å². The first-order chi connectivity index (χ1) is 12.1. The van der Waals surface area contributed by atoms with Crippen molar-refractivity contribution in [3.8, 4) is 10.4 Å². The predicted molar refractivity (Wildman–Crippen MR) is 109 cm³/mol. The first-order valence-corrected chi connectivity index (χ1v) is 9.45. The Morgan fingerprint density at radius 2 is 1.56 bits per heavy atom. The molecule has 0 atom stereocenters. The lowest BCUT2D eigenvalue weighted by Gasteiger charge is -2.21. The van der Waals surface area contributed by atoms with Crippen LogP contribution in [0.15, 0.2) is 72.8 Å². The van der Waals surface area contributed by atoms with E-state index in [1.54, 1.807) is 0 Å². The molecule has 122 valence electrons. The van der Waals surface area contributed by atoms with Crippen LogP contribution in [-0.2, 0) is 5.41 Å². The Morgan fingerprint density at radius 3 is 2.40 bits per heavy atom. The van der Waals surface area contributed by atoms with E-state index in [-0.39, 0.29) is 5.41 Å². The van der Waals surface area contributed by atoms with Gasteiger partial charge < -0.3 is 5.32 Å². The molecule has 0 spiro atoms. The lowest BCUT2D eigenvalue weighted by atomic mass is 9.81. The minimum Gasteiger partial charge on any atom is -0.356 e. The van der Waals surface area contributed by atoms with Crippen molar-refractivity contribution >= 4 is 32.8 Å². The van der Waals surface area contributed by atoms with Crippen LogP contribution in [0.5, 0.6) is 0 Å². The third kappa shape index (κ3) is 2.14. The van der Waals surface area contributed by atoms with Crippen LogP contribution in [0.1, 0.15) is 25.0 Å². The summed E-state index contributed by atoms with van der Waals surface area (Å²) >= 11 is 1.92. The summed E-state index contributed by atoms with van der Waals surface area (Å²) in [6.07, 6.45) is 0. The Bertz CT molecular complexity index is 1090. The summed E-state index contributed by atoms with van der Waals surface area (Å²) in [5.74, 6) is 0. The molecule has 0 fully saturated rings. The molecule has 4 aromatic rings. The maximum Gasteiger partial charge on any atom is 0.0400 e. The zero-order valence-corrected chi connectivity index (χ0v) is 15.2. The van der Waals surface area contributed by atoms with Gasteiger partial charge in [0.15, 0.2) is 0 Å². The fourth-order valence-corrected chi connectivity index (χ4v) is 5.43. The van der Waals surface area contributed by atoms with E-state index in [1.807, 2.05) is 17.4 Å². The minimum atomic E-state index is 0.0511. The van der Waals surface area contributed by atoms with Gasteiger partial charge in [-0.25, -0.2) is 0 Å². The van der Waals surface area contributed by atoms with Crippen LogP contribution >= 0.6 is 11.3 Å². The maximum atomic E-state index is 3.53. The summed E-state index contributed by atoms with van der Waals surface area (Å²) < 4.78 is 1.38. The number of fused-ring (bicyclic) bond motifs is 5. The lowest BCUT2D eigenvalue weighted by Crippen LogP contribution is -2.14. The quantitative estimate of drug-likeness (QED) is 0.416. The van der Waals surface area contributed by atoms with Crippen LogP contribution in [0, 0.1) is 0 Å². The van der Waals surface area contributed by atoms with Gasteiger partial charge in [-0.1, -0.05) is 56.3 Å². The van der Waals surface area contributed by atoms with Crippen molar-refractivity contribution in [1.29, 1.82) is 0 Å². The van der Waals surface area contributed by atoms with Crippen LogP contribution in [0.2, 0.25) is 0 Å². The van der Waals surface area contributed by atoms with Gasteiger partial charge in [0.25, 0.3) is 0 Å². The molecule has 3 aromatic carbocycles. The van der Waals surface area contributed by atoms with E-state index in [2.05, 4.69) is 85.9 Å². The first kappa shape index (κ1) is 14.7. The molecule has 0 bridgehead atoms. The Hall–Kier alpha value is -2.58. The second-order valence-electron chi connectivity index (χ2n) is 7.18. The molecule has 1 aliphatic rings. The normalized spacial score (nSPS) is 14.3. The molecule has 1 aromatic heterocycles. The number of rotatable bonds is 2. The molecule has 0 unspecified atom stereocenters. The van der Waals surface area contributed by atoms with Gasteiger partial charge in [-0.3, -0.25) is 0 Å². The molecular formula is C23H19NS. The molecule has 0 radical (unpaired) electrons. The molecule has 2 heteroatoms. The van der Waals surface area contributed by atoms with Crippen molar-refractivity contribution < 1.29 is 0 Å². The molecule has 25 heavy (non-hydrogen) atoms. The Labute approximate surface area is 152 Å². The summed E-state index contributed by atoms with van der Waals surface area (Å²) in [4.78, 5) is 1.43. The van der Waals surface area contributed by atoms with Gasteiger partial charge >= 0.3 is 0 Å². The van der Waals surface area contributed by atoms with E-state index >= 15 is 0 Å². The topological polar surface area (TPSA) is 12.0 Å². The van der Waals surface area contributed by atoms with E-state index in [1.165, 1.54) is 31.7 Å². The molecule has 0 saturated heterocycles. The Kier molecular flexibility index (Phi) is 3.07. The summed E-state index contributed by atoms with van der Waals surface area (Å²) in [5, 5.41) is 4.93. The Morgan fingerprint density at radius 1 is 0.800 bits per heavy atom. The standard InChI is InChI=1S/C23H19NS/c1-23(2)19-13-12-16(24-15-8-4-3-5-9-15)14-18(19)22-21(23)17-10-6-7-11-20(17)25-22/h3-14,24H,1-2H3. The van der Waals surface area contributed by atoms with Gasteiger partial charge in [0.1, 0.15) is 0 Å². The van der Waals surface area contributed by atoms with E-state index < -0.39 is 0 Å². The van der Waals surface area contributed by atoms with Crippen LogP contribution in [0.3, 0.4) is 0 Å². The van der Waals surface area contributed by atoms with Gasteiger partial charge in [0, 0.05) is 26.4 Å². The minimum absolute atomic E-state index is 0.0511. The maximum absolute atomic E-state index is 3.53. The summed E-state index contributed by atoms with van der Waals surface area (Å²) in [6, 6.07) is 25.9. The molecule has 0 amide bonds. The van der Waals surface area contributed by atoms with Gasteiger partial charge in [0.2, 0.25) is 0 Å². The first-order valence-electron chi connectivity index (χ1n) is 8.63. The number of benzene rings is 3. The van der Waals surface area contributed by atoms with Crippen LogP contribution in [0.25, 0.3) is 20.5 Å². The van der Waals surface area contributed by atoms with Gasteiger partial charge in [0.05, 0.1) is 0 Å². The highest BCUT2D eigenvalue weighted by molar-refractivity contribution is 7.22. The zero-order chi connectivity index (χ0) is 17.0. The molecule has 5 rings (SSSR count). The summed E-state index contributed by atoms with van der Waals surface area (Å²) in [5.41, 5.74) is 6.61. The highest BCUT2D eigenvalue weighted by Gasteiger charge is 2.38. The van der Waals surface area contributed by atoms with Gasteiger partial charge in [-0.05, 0) is 52.4 Å². The van der Waals surface area contributed by atoms with Crippen molar-refractivity contribution in [3.63, 3.8) is 0 Å². The van der Waals surface area contributed by atoms with Crippen LogP contribution in [0.4, 0.5) is 11.4 Å². The van der Waals surface area contributed by atoms with E-state index in [0.717, 1.165) is 11.4 Å². The van der Waals surface area contributed by atoms with Crippen molar-refractivity contribution in [2.24, 2.45) is 0 Å². The van der Waals surface area contributed by atoms with Crippen LogP contribution in [-0.4, -0.2) is 0 Å². The van der Waals surface area contributed by atoms with E-state index in [4.69, 9.17) is 0 Å². The number of hydrogen-bond acceptors (Lipinski definition) is 2. The molecule has 1 heterocycles. The lowest BCUT2D eigenvalue weighted by molar-refractivity contribution is 0.667. The second-order valence-corrected chi connectivity index (χ2v) is 8.23. The third-order valence-electron chi connectivity index (χ3n) is 5.22. The monoisotopic (exact) mass is 341 g/mol. The molecule has 0 saturated carbocycles. The fourth-order valence-electron chi connectivity index (χ4n) is 4.03. The largest absolute Gasteiger partial charge is 0.356 e. The SMILES string of the molecule is CC1(C)c2ccc(Nc3ccccc3)cc2-c2sc3ccccc3c21. The molecule has 1 aliphatic carbocycles. The molecule has 1 nitrogen and oxygen atoms in total. The average molecular weight is 341 g/mol. The molecular weight excluding hydrogens is 322 g/mol. The summed E-state index contributed by atoms with van der Waals surface area (Å²) in [6.45, 7) is 4.70. The number of para-hydroxylation sites is 1. The smallest absolute Gasteiger partial charge is 0.0400 e. The van der Waals surface area contributed by atoms with Crippen molar-refractivity contribution in [2.45, 2.75) is 19.3 Å². The Balaban J connectivity index is 1.68. The van der Waals surface area contributed by atoms with Crippen molar-refractivity contribution in [2.75, 3.05) is 5.32 Å². The number of hydrogen-bond donors (Lipinski definition) is 1. The second kappa shape index (κ2) is 5.21. The fraction of sp³-hybridized carbons (Fsp3) is 0.130. The third-order valence-corrected chi connectivity index (χ3v) is 6.42. The van der Waals surface area contributed by atoms with Crippen LogP contribution < -0.4 is 5.32 Å². The average Bonchev–Trinajstić information content (AvgIpc) is 3.11. The molecule has 0 aliphatic heterocycles. The zero-order valence-electron chi connectivity index (χ0n) is 14.3. The van der Waals surface area contributed by atoms with E-state index in [0.29, 0.717) is 0 Å². The number of anilines is 2. The van der Waals surface area contributed by atoms with Gasteiger partial charge in [-0.2, -0.15) is 0 Å². The molecule has 1 N–H and O–H groups in total. The van der Waals surface area contributed by atoms with Crippen molar-refractivity contribution in [1.82, 2.24) is 0 Å². The number of nitrogens with one attached hydrogen (secondary N) is 1. The van der Waals surface area contributed by atoms with E-state index in [9.17, 15) is 0 Å². The highest BCUT2D eigenvalue weighted by Crippen LogP contribution is 2.55. The number of thiophene rings is 1. The summed E-state index contributed by atoms with van der Waals surface area (Å²) in [7, 11) is 0. The predicted octanol–water partition coefficient (Wildman–Crippen LogP) is 6.95. The van der Waals surface area contributed by atoms with Crippen molar-refractivity contribution in [3.05, 3.63) is 83.9 Å².